The predicted molar refractivity (Wildman–Crippen MR) is 111 cm³/mol. The van der Waals surface area contributed by atoms with Crippen LogP contribution in [-0.2, 0) is 9.53 Å². The van der Waals surface area contributed by atoms with E-state index in [0.717, 1.165) is 37.2 Å². The van der Waals surface area contributed by atoms with Crippen LogP contribution in [0.4, 0.5) is 0 Å². The van der Waals surface area contributed by atoms with E-state index >= 15 is 0 Å². The lowest BCUT2D eigenvalue weighted by Crippen LogP contribution is -2.40. The van der Waals surface area contributed by atoms with Gasteiger partial charge in [-0.25, -0.2) is 4.98 Å². The van der Waals surface area contributed by atoms with E-state index in [1.165, 1.54) is 9.71 Å². The molecule has 2 heterocycles. The Bertz CT molecular complexity index is 871. The Hall–Kier alpha value is -2.44. The monoisotopic (exact) mass is 396 g/mol. The highest BCUT2D eigenvalue weighted by Crippen LogP contribution is 2.33. The molecule has 1 amide bonds. The molecule has 0 aliphatic carbocycles. The third-order valence-corrected chi connectivity index (χ3v) is 6.17. The summed E-state index contributed by atoms with van der Waals surface area (Å²) in [5.41, 5.74) is 1.08. The number of aromatic nitrogens is 1. The number of ether oxygens (including phenoxy) is 2. The van der Waals surface area contributed by atoms with Gasteiger partial charge in [-0.15, -0.1) is 11.3 Å². The molecule has 0 atom stereocenters. The van der Waals surface area contributed by atoms with Gasteiger partial charge in [0.05, 0.1) is 21.8 Å². The lowest BCUT2D eigenvalue weighted by atomic mass is 9.97. The normalized spacial score (nSPS) is 15.1. The highest BCUT2D eigenvalue weighted by molar-refractivity contribution is 7.18. The molecule has 0 saturated carbocycles. The van der Waals surface area contributed by atoms with Crippen LogP contribution in [0.5, 0.6) is 5.75 Å². The highest BCUT2D eigenvalue weighted by atomic mass is 32.1. The van der Waals surface area contributed by atoms with Crippen molar-refractivity contribution in [1.29, 1.82) is 0 Å². The number of likely N-dealkylation sites (tertiary alicyclic amines) is 1. The fraction of sp³-hybridized carbons (Fsp3) is 0.364. The first-order chi connectivity index (χ1) is 13.8. The van der Waals surface area contributed by atoms with Crippen LogP contribution in [-0.4, -0.2) is 48.7 Å². The molecular weight excluding hydrogens is 372 g/mol. The van der Waals surface area contributed by atoms with Gasteiger partial charge in [0.1, 0.15) is 19.0 Å². The summed E-state index contributed by atoms with van der Waals surface area (Å²) in [6.07, 6.45) is 1.92. The van der Waals surface area contributed by atoms with Crippen molar-refractivity contribution in [1.82, 2.24) is 9.88 Å². The highest BCUT2D eigenvalue weighted by Gasteiger charge is 2.25. The summed E-state index contributed by atoms with van der Waals surface area (Å²) in [4.78, 5) is 19.0. The Morgan fingerprint density at radius 1 is 1.04 bits per heavy atom. The number of benzene rings is 2. The Labute approximate surface area is 168 Å². The first-order valence-electron chi connectivity index (χ1n) is 9.68. The van der Waals surface area contributed by atoms with Gasteiger partial charge in [0, 0.05) is 19.0 Å². The summed E-state index contributed by atoms with van der Waals surface area (Å²) in [6.45, 7) is 2.50. The van der Waals surface area contributed by atoms with Crippen LogP contribution in [0.1, 0.15) is 23.8 Å². The minimum absolute atomic E-state index is 0.0578. The molecule has 6 heteroatoms. The Morgan fingerprint density at radius 2 is 1.79 bits per heavy atom. The number of thiazole rings is 1. The molecule has 0 radical (unpaired) electrons. The molecule has 3 aromatic rings. The van der Waals surface area contributed by atoms with Gasteiger partial charge in [-0.05, 0) is 37.1 Å². The molecule has 4 rings (SSSR count). The number of carbonyl (C=O) groups excluding carboxylic acids is 1. The molecule has 1 aromatic heterocycles. The molecule has 1 fully saturated rings. The van der Waals surface area contributed by atoms with E-state index < -0.39 is 0 Å². The van der Waals surface area contributed by atoms with Crippen LogP contribution >= 0.6 is 11.3 Å². The van der Waals surface area contributed by atoms with E-state index in [-0.39, 0.29) is 12.5 Å². The third kappa shape index (κ3) is 4.69. The number of amides is 1. The topological polar surface area (TPSA) is 51.7 Å². The fourth-order valence-electron chi connectivity index (χ4n) is 3.43. The summed E-state index contributed by atoms with van der Waals surface area (Å²) in [7, 11) is 0. The minimum atomic E-state index is 0.0578. The number of fused-ring (bicyclic) bond motifs is 1. The van der Waals surface area contributed by atoms with Crippen LogP contribution in [0.15, 0.2) is 54.6 Å². The van der Waals surface area contributed by atoms with Crippen molar-refractivity contribution in [2.24, 2.45) is 0 Å². The maximum atomic E-state index is 12.4. The summed E-state index contributed by atoms with van der Waals surface area (Å²) in [6, 6.07) is 17.9. The largest absolute Gasteiger partial charge is 0.491 e. The molecule has 1 aliphatic heterocycles. The Morgan fingerprint density at radius 3 is 2.57 bits per heavy atom. The number of hydrogen-bond acceptors (Lipinski definition) is 5. The fourth-order valence-corrected chi connectivity index (χ4v) is 4.56. The van der Waals surface area contributed by atoms with E-state index in [0.29, 0.717) is 19.1 Å². The van der Waals surface area contributed by atoms with E-state index in [4.69, 9.17) is 14.5 Å². The predicted octanol–water partition coefficient (Wildman–Crippen LogP) is 4.10. The van der Waals surface area contributed by atoms with Crippen molar-refractivity contribution in [3.63, 3.8) is 0 Å². The van der Waals surface area contributed by atoms with Crippen molar-refractivity contribution < 1.29 is 14.3 Å². The lowest BCUT2D eigenvalue weighted by molar-refractivity contribution is -0.137. The Kier molecular flexibility index (Phi) is 6.19. The van der Waals surface area contributed by atoms with Crippen LogP contribution < -0.4 is 4.74 Å². The van der Waals surface area contributed by atoms with Gasteiger partial charge in [-0.2, -0.15) is 0 Å². The average molecular weight is 397 g/mol. The summed E-state index contributed by atoms with van der Waals surface area (Å²) < 4.78 is 12.3. The summed E-state index contributed by atoms with van der Waals surface area (Å²) in [5, 5.41) is 1.20. The minimum Gasteiger partial charge on any atom is -0.491 e. The van der Waals surface area contributed by atoms with Crippen molar-refractivity contribution in [3.05, 3.63) is 59.6 Å². The molecule has 0 unspecified atom stereocenters. The van der Waals surface area contributed by atoms with Crippen LogP contribution in [0.3, 0.4) is 0 Å². The van der Waals surface area contributed by atoms with E-state index in [2.05, 4.69) is 18.2 Å². The van der Waals surface area contributed by atoms with Gasteiger partial charge in [-0.1, -0.05) is 30.3 Å². The van der Waals surface area contributed by atoms with Gasteiger partial charge in [0.25, 0.3) is 0 Å². The maximum Gasteiger partial charge on any atom is 0.248 e. The van der Waals surface area contributed by atoms with Gasteiger partial charge in [0.15, 0.2) is 0 Å². The zero-order valence-corrected chi connectivity index (χ0v) is 16.6. The van der Waals surface area contributed by atoms with Crippen LogP contribution in [0.2, 0.25) is 0 Å². The molecule has 146 valence electrons. The zero-order valence-electron chi connectivity index (χ0n) is 15.8. The Balaban J connectivity index is 1.17. The second-order valence-electron chi connectivity index (χ2n) is 6.89. The second kappa shape index (κ2) is 9.17. The average Bonchev–Trinajstić information content (AvgIpc) is 3.18. The van der Waals surface area contributed by atoms with Crippen molar-refractivity contribution in [3.8, 4) is 5.75 Å². The third-order valence-electron chi connectivity index (χ3n) is 4.97. The molecule has 0 bridgehead atoms. The first-order valence-corrected chi connectivity index (χ1v) is 10.5. The zero-order chi connectivity index (χ0) is 19.2. The summed E-state index contributed by atoms with van der Waals surface area (Å²) in [5.74, 6) is 1.32. The second-order valence-corrected chi connectivity index (χ2v) is 7.95. The van der Waals surface area contributed by atoms with E-state index in [1.807, 2.05) is 41.3 Å². The van der Waals surface area contributed by atoms with E-state index in [9.17, 15) is 4.79 Å². The van der Waals surface area contributed by atoms with Crippen molar-refractivity contribution >= 4 is 27.5 Å². The van der Waals surface area contributed by atoms with Gasteiger partial charge < -0.3 is 14.4 Å². The standard InChI is InChI=1S/C22H24N2O3S/c25-21(16-26-14-15-27-18-6-2-1-3-7-18)24-12-10-17(11-13-24)22-23-19-8-4-5-9-20(19)28-22/h1-9,17H,10-16H2. The molecule has 0 spiro atoms. The van der Waals surface area contributed by atoms with Crippen molar-refractivity contribution in [2.75, 3.05) is 32.9 Å². The lowest BCUT2D eigenvalue weighted by Gasteiger charge is -2.31. The quantitative estimate of drug-likeness (QED) is 0.564. The smallest absolute Gasteiger partial charge is 0.248 e. The molecule has 5 nitrogen and oxygen atoms in total. The number of carbonyl (C=O) groups is 1. The number of piperidine rings is 1. The van der Waals surface area contributed by atoms with E-state index in [1.54, 1.807) is 11.3 Å². The molecule has 28 heavy (non-hydrogen) atoms. The molecule has 2 aromatic carbocycles. The van der Waals surface area contributed by atoms with Gasteiger partial charge in [0.2, 0.25) is 5.91 Å². The number of hydrogen-bond donors (Lipinski definition) is 0. The SMILES string of the molecule is O=C(COCCOc1ccccc1)N1CCC(c2nc3ccccc3s2)CC1. The molecule has 1 aliphatic rings. The molecular formula is C22H24N2O3S. The molecule has 0 N–H and O–H groups in total. The van der Waals surface area contributed by atoms with Gasteiger partial charge in [-0.3, -0.25) is 4.79 Å². The van der Waals surface area contributed by atoms with Crippen molar-refractivity contribution in [2.45, 2.75) is 18.8 Å². The number of para-hydroxylation sites is 2. The summed E-state index contributed by atoms with van der Waals surface area (Å²) >= 11 is 1.78. The van der Waals surface area contributed by atoms with Gasteiger partial charge >= 0.3 is 0 Å². The number of rotatable bonds is 7. The van der Waals surface area contributed by atoms with Crippen LogP contribution in [0.25, 0.3) is 10.2 Å². The maximum absolute atomic E-state index is 12.4. The first kappa shape index (κ1) is 18.9. The van der Waals surface area contributed by atoms with Crippen LogP contribution in [0, 0.1) is 0 Å². The number of nitrogens with zero attached hydrogens (tertiary/aromatic N) is 2. The molecule has 1 saturated heterocycles.